The van der Waals surface area contributed by atoms with Crippen molar-refractivity contribution in [1.82, 2.24) is 23.8 Å². The lowest BCUT2D eigenvalue weighted by atomic mass is 10.1. The number of anilines is 2. The number of Topliss-reactive ketones (excluding diaryl/α,β-unsaturated/α-hetero) is 2. The molecule has 1 amide bonds. The summed E-state index contributed by atoms with van der Waals surface area (Å²) in [5.41, 5.74) is 3.34. The van der Waals surface area contributed by atoms with E-state index in [9.17, 15) is 18.8 Å². The Balaban J connectivity index is 1.20. The van der Waals surface area contributed by atoms with Crippen LogP contribution in [0.4, 0.5) is 15.8 Å². The number of carbonyl (C=O) groups is 3. The summed E-state index contributed by atoms with van der Waals surface area (Å²) in [6.45, 7) is 1.15. The molecule has 218 valence electrons. The number of alkyl halides is 1. The van der Waals surface area contributed by atoms with Gasteiger partial charge in [-0.05, 0) is 60.9 Å². The molecule has 1 aliphatic heterocycles. The van der Waals surface area contributed by atoms with E-state index in [4.69, 9.17) is 11.6 Å². The van der Waals surface area contributed by atoms with Crippen molar-refractivity contribution in [3.63, 3.8) is 0 Å². The Kier molecular flexibility index (Phi) is 8.00. The first-order valence-corrected chi connectivity index (χ1v) is 14.8. The fourth-order valence-corrected chi connectivity index (χ4v) is 6.22. The van der Waals surface area contributed by atoms with Crippen LogP contribution in [0, 0.1) is 0 Å². The van der Waals surface area contributed by atoms with E-state index in [0.717, 1.165) is 22.9 Å². The fraction of sp³-hybridized carbons (Fsp3) is 0.226. The summed E-state index contributed by atoms with van der Waals surface area (Å²) < 4.78 is 20.6. The second-order valence-electron chi connectivity index (χ2n) is 10.4. The van der Waals surface area contributed by atoms with Gasteiger partial charge in [0.2, 0.25) is 5.91 Å². The summed E-state index contributed by atoms with van der Waals surface area (Å²) in [7, 11) is 0. The number of ketones is 2. The molecule has 2 aromatic carbocycles. The Bertz CT molecular complexity index is 1840. The van der Waals surface area contributed by atoms with Gasteiger partial charge in [-0.3, -0.25) is 19.4 Å². The summed E-state index contributed by atoms with van der Waals surface area (Å²) in [4.78, 5) is 49.2. The Hall–Kier alpha value is -4.48. The number of likely N-dealkylation sites (tertiary alicyclic amines) is 1. The van der Waals surface area contributed by atoms with Crippen LogP contribution >= 0.6 is 23.1 Å². The van der Waals surface area contributed by atoms with Gasteiger partial charge in [0, 0.05) is 46.5 Å². The van der Waals surface area contributed by atoms with Crippen LogP contribution < -0.4 is 5.32 Å². The van der Waals surface area contributed by atoms with Gasteiger partial charge in [0.05, 0.1) is 35.9 Å². The molecule has 0 radical (unpaired) electrons. The van der Waals surface area contributed by atoms with Crippen molar-refractivity contribution in [1.29, 1.82) is 0 Å². The highest BCUT2D eigenvalue weighted by atomic mass is 35.5. The van der Waals surface area contributed by atoms with Gasteiger partial charge in [-0.1, -0.05) is 23.7 Å². The highest BCUT2D eigenvalue weighted by molar-refractivity contribution is 7.05. The number of nitrogens with zero attached hydrogens (tertiary/aromatic N) is 5. The number of carbonyl (C=O) groups excluding carboxylic acids is 3. The van der Waals surface area contributed by atoms with Crippen molar-refractivity contribution in [3.05, 3.63) is 88.8 Å². The van der Waals surface area contributed by atoms with E-state index >= 15 is 0 Å². The number of nitrogens with one attached hydrogen (secondary N) is 1. The van der Waals surface area contributed by atoms with Crippen LogP contribution in [-0.4, -0.2) is 60.0 Å². The fourth-order valence-electron chi connectivity index (χ4n) is 5.34. The molecule has 0 spiro atoms. The smallest absolute Gasteiger partial charge is 0.243 e. The first-order chi connectivity index (χ1) is 20.8. The highest BCUT2D eigenvalue weighted by Crippen LogP contribution is 2.30. The van der Waals surface area contributed by atoms with Crippen LogP contribution in [0.5, 0.6) is 0 Å². The summed E-state index contributed by atoms with van der Waals surface area (Å²) in [6.07, 6.45) is 3.54. The quantitative estimate of drug-likeness (QED) is 0.205. The van der Waals surface area contributed by atoms with E-state index in [2.05, 4.69) is 19.7 Å². The van der Waals surface area contributed by atoms with E-state index in [1.165, 1.54) is 11.8 Å². The van der Waals surface area contributed by atoms with Gasteiger partial charge in [0.1, 0.15) is 17.7 Å². The summed E-state index contributed by atoms with van der Waals surface area (Å²) >= 11 is 7.33. The number of hydrogen-bond acceptors (Lipinski definition) is 8. The van der Waals surface area contributed by atoms with Crippen molar-refractivity contribution in [3.8, 4) is 11.4 Å². The normalized spacial score (nSPS) is 16.5. The number of hydrogen-bond donors (Lipinski definition) is 1. The van der Waals surface area contributed by atoms with Crippen LogP contribution in [0.2, 0.25) is 5.02 Å². The lowest BCUT2D eigenvalue weighted by molar-refractivity contribution is -0.137. The number of fused-ring (bicyclic) bond motifs is 1. The third kappa shape index (κ3) is 6.04. The molecule has 43 heavy (non-hydrogen) atoms. The van der Waals surface area contributed by atoms with Crippen molar-refractivity contribution in [2.24, 2.45) is 0 Å². The molecule has 1 saturated heterocycles. The van der Waals surface area contributed by atoms with E-state index in [-0.39, 0.29) is 37.5 Å². The predicted octanol–water partition coefficient (Wildman–Crippen LogP) is 5.91. The molecular formula is C31H26ClFN6O3S. The number of benzene rings is 2. The topological polar surface area (TPSA) is 110 Å². The van der Waals surface area contributed by atoms with Crippen molar-refractivity contribution >= 4 is 62.9 Å². The first-order valence-electron chi connectivity index (χ1n) is 13.6. The summed E-state index contributed by atoms with van der Waals surface area (Å²) in [6, 6.07) is 15.4. The zero-order chi connectivity index (χ0) is 30.1. The SMILES string of the molecule is CC(=O)c1cn(CC(=O)N2C[C@H](F)C[C@H]2C(=O)Cc2nc(-c3ccccc3Cl)ns2)c2ccc(Nc3cccnc3)cc12. The zero-order valence-electron chi connectivity index (χ0n) is 23.0. The zero-order valence-corrected chi connectivity index (χ0v) is 24.6. The third-order valence-electron chi connectivity index (χ3n) is 7.37. The van der Waals surface area contributed by atoms with Crippen LogP contribution in [0.1, 0.15) is 28.7 Å². The minimum atomic E-state index is -1.32. The van der Waals surface area contributed by atoms with Crippen LogP contribution in [0.25, 0.3) is 22.3 Å². The minimum Gasteiger partial charge on any atom is -0.354 e. The van der Waals surface area contributed by atoms with Crippen molar-refractivity contribution < 1.29 is 18.8 Å². The van der Waals surface area contributed by atoms with Crippen LogP contribution in [-0.2, 0) is 22.6 Å². The molecule has 0 bridgehead atoms. The van der Waals surface area contributed by atoms with E-state index < -0.39 is 18.1 Å². The van der Waals surface area contributed by atoms with Crippen LogP contribution in [0.3, 0.4) is 0 Å². The van der Waals surface area contributed by atoms with Gasteiger partial charge in [-0.15, -0.1) is 0 Å². The second-order valence-corrected chi connectivity index (χ2v) is 11.6. The molecular weight excluding hydrogens is 591 g/mol. The molecule has 0 saturated carbocycles. The maximum atomic E-state index is 14.6. The Labute approximate surface area is 255 Å². The van der Waals surface area contributed by atoms with Gasteiger partial charge in [-0.25, -0.2) is 9.37 Å². The van der Waals surface area contributed by atoms with Crippen LogP contribution in [0.15, 0.2) is 73.2 Å². The molecule has 4 heterocycles. The van der Waals surface area contributed by atoms with Gasteiger partial charge >= 0.3 is 0 Å². The molecule has 0 unspecified atom stereocenters. The standard InChI is InChI=1S/C31H26ClFN6O3S/c1-18(40)24-16-38(26-9-8-20(12-23(24)26)35-21-5-4-10-34-14-21)17-30(42)39-15-19(33)11-27(39)28(41)13-29-36-31(37-43-29)22-6-2-3-7-25(22)32/h2-10,12,14,16,19,27,35H,11,13,15,17H2,1H3/t19-,27+/m1/s1. The Morgan fingerprint density at radius 1 is 1.12 bits per heavy atom. The van der Waals surface area contributed by atoms with Gasteiger partial charge in [-0.2, -0.15) is 4.37 Å². The molecule has 2 atom stereocenters. The number of rotatable bonds is 9. The van der Waals surface area contributed by atoms with Gasteiger partial charge < -0.3 is 14.8 Å². The highest BCUT2D eigenvalue weighted by Gasteiger charge is 2.40. The molecule has 12 heteroatoms. The van der Waals surface area contributed by atoms with E-state index in [1.54, 1.807) is 41.4 Å². The number of aromatic nitrogens is 4. The molecule has 3 aromatic heterocycles. The predicted molar refractivity (Wildman–Crippen MR) is 164 cm³/mol. The minimum absolute atomic E-state index is 0.0725. The Morgan fingerprint density at radius 2 is 1.95 bits per heavy atom. The van der Waals surface area contributed by atoms with Gasteiger partial charge in [0.15, 0.2) is 17.4 Å². The molecule has 9 nitrogen and oxygen atoms in total. The average Bonchev–Trinajstić information content (AvgIpc) is 3.71. The molecule has 6 rings (SSSR count). The summed E-state index contributed by atoms with van der Waals surface area (Å²) in [5.74, 6) is -0.443. The largest absolute Gasteiger partial charge is 0.354 e. The average molecular weight is 617 g/mol. The maximum absolute atomic E-state index is 14.6. The Morgan fingerprint density at radius 3 is 2.72 bits per heavy atom. The van der Waals surface area contributed by atoms with E-state index in [0.29, 0.717) is 37.9 Å². The molecule has 1 fully saturated rings. The van der Waals surface area contributed by atoms with Gasteiger partial charge in [0.25, 0.3) is 0 Å². The maximum Gasteiger partial charge on any atom is 0.243 e. The monoisotopic (exact) mass is 616 g/mol. The summed E-state index contributed by atoms with van der Waals surface area (Å²) in [5, 5.41) is 4.90. The van der Waals surface area contributed by atoms with Crippen molar-refractivity contribution in [2.75, 3.05) is 11.9 Å². The number of halogens is 2. The molecule has 1 N–H and O–H groups in total. The lowest BCUT2D eigenvalue weighted by Crippen LogP contribution is -2.42. The molecule has 5 aromatic rings. The third-order valence-corrected chi connectivity index (χ3v) is 8.41. The number of pyridine rings is 1. The first kappa shape index (κ1) is 28.6. The number of amides is 1. The molecule has 0 aliphatic carbocycles. The van der Waals surface area contributed by atoms with Crippen molar-refractivity contribution in [2.45, 2.75) is 38.5 Å². The molecule has 1 aliphatic rings. The second kappa shape index (κ2) is 12.0. The van der Waals surface area contributed by atoms with E-state index in [1.807, 2.05) is 36.4 Å². The lowest BCUT2D eigenvalue weighted by Gasteiger charge is -2.23.